The van der Waals surface area contributed by atoms with Crippen LogP contribution in [0.15, 0.2) is 52.7 Å². The van der Waals surface area contributed by atoms with Crippen LogP contribution in [-0.4, -0.2) is 26.1 Å². The molecule has 0 fully saturated rings. The summed E-state index contributed by atoms with van der Waals surface area (Å²) in [6, 6.07) is 13.8. The van der Waals surface area contributed by atoms with E-state index in [-0.39, 0.29) is 35.0 Å². The SMILES string of the molecule is CC(C)(C)c1cc(C(=O)Cn2cc3n(c2=NBr)CC(OCc2ccccc2)C3)cc(C(C)(C)C)c1O. The van der Waals surface area contributed by atoms with Crippen LogP contribution in [-0.2, 0) is 41.7 Å². The van der Waals surface area contributed by atoms with Gasteiger partial charge < -0.3 is 19.0 Å². The molecular formula is C29H36BrN3O3. The number of phenols is 1. The van der Waals surface area contributed by atoms with Crippen molar-refractivity contribution in [1.82, 2.24) is 9.13 Å². The highest BCUT2D eigenvalue weighted by Crippen LogP contribution is 2.40. The van der Waals surface area contributed by atoms with E-state index in [1.165, 1.54) is 0 Å². The Morgan fingerprint density at radius 1 is 1.08 bits per heavy atom. The van der Waals surface area contributed by atoms with Crippen LogP contribution in [0.5, 0.6) is 5.75 Å². The molecule has 0 amide bonds. The fourth-order valence-corrected chi connectivity index (χ4v) is 5.14. The van der Waals surface area contributed by atoms with E-state index in [2.05, 4.69) is 36.9 Å². The fourth-order valence-electron chi connectivity index (χ4n) is 4.75. The number of halogens is 1. The Kier molecular flexibility index (Phi) is 7.35. The van der Waals surface area contributed by atoms with Gasteiger partial charge in [0.1, 0.15) is 5.75 Å². The summed E-state index contributed by atoms with van der Waals surface area (Å²) in [5.41, 5.74) is 4.51. The highest BCUT2D eigenvalue weighted by molar-refractivity contribution is 9.08. The van der Waals surface area contributed by atoms with Gasteiger partial charge >= 0.3 is 0 Å². The van der Waals surface area contributed by atoms with Gasteiger partial charge in [-0.3, -0.25) is 4.79 Å². The van der Waals surface area contributed by atoms with Crippen LogP contribution < -0.4 is 5.62 Å². The molecule has 1 atom stereocenters. The fraction of sp³-hybridized carbons (Fsp3) is 0.448. The van der Waals surface area contributed by atoms with Gasteiger partial charge in [0.2, 0.25) is 5.62 Å². The van der Waals surface area contributed by atoms with Crippen LogP contribution in [0.4, 0.5) is 0 Å². The van der Waals surface area contributed by atoms with Gasteiger partial charge in [-0.2, -0.15) is 4.02 Å². The van der Waals surface area contributed by atoms with E-state index in [0.717, 1.165) is 28.8 Å². The minimum atomic E-state index is -0.296. The number of Topliss-reactive ketones (excluding diaryl/α,β-unsaturated/α-hetero) is 1. The van der Waals surface area contributed by atoms with E-state index < -0.39 is 0 Å². The standard InChI is InChI=1S/C29H36BrN3O3/c1-28(2,3)23-12-20(13-24(26(23)35)29(4,5)6)25(34)17-32-15-21-14-22(16-33(21)27(32)31-30)36-18-19-10-8-7-9-11-19/h7-13,15,22,35H,14,16-18H2,1-6H3. The lowest BCUT2D eigenvalue weighted by molar-refractivity contribution is 0.0409. The Hall–Kier alpha value is -2.64. The maximum atomic E-state index is 13.5. The molecule has 1 aliphatic rings. The van der Waals surface area contributed by atoms with Gasteiger partial charge in [-0.1, -0.05) is 71.9 Å². The number of hydrogen-bond acceptors (Lipinski definition) is 4. The summed E-state index contributed by atoms with van der Waals surface area (Å²) < 4.78 is 14.5. The lowest BCUT2D eigenvalue weighted by atomic mass is 9.78. The molecule has 1 unspecified atom stereocenters. The van der Waals surface area contributed by atoms with Crippen LogP contribution in [0.1, 0.15) is 74.3 Å². The average molecular weight is 555 g/mol. The number of ketones is 1. The Labute approximate surface area is 222 Å². The molecular weight excluding hydrogens is 518 g/mol. The molecule has 1 N–H and O–H groups in total. The van der Waals surface area contributed by atoms with Crippen LogP contribution >= 0.6 is 16.1 Å². The third kappa shape index (κ3) is 5.52. The number of aromatic hydroxyl groups is 1. The van der Waals surface area contributed by atoms with Crippen LogP contribution in [0.2, 0.25) is 0 Å². The predicted octanol–water partition coefficient (Wildman–Crippen LogP) is 5.83. The lowest BCUT2D eigenvalue weighted by Gasteiger charge is -2.28. The van der Waals surface area contributed by atoms with Crippen molar-refractivity contribution in [2.75, 3.05) is 0 Å². The zero-order valence-electron chi connectivity index (χ0n) is 22.0. The van der Waals surface area contributed by atoms with Crippen molar-refractivity contribution in [3.05, 3.63) is 82.2 Å². The molecule has 6 nitrogen and oxygen atoms in total. The van der Waals surface area contributed by atoms with Crippen molar-refractivity contribution in [3.8, 4) is 5.75 Å². The van der Waals surface area contributed by atoms with Crippen molar-refractivity contribution < 1.29 is 14.6 Å². The molecule has 2 aromatic carbocycles. The summed E-state index contributed by atoms with van der Waals surface area (Å²) in [5.74, 6) is 0.259. The van der Waals surface area contributed by atoms with Gasteiger partial charge in [0, 0.05) is 35.0 Å². The first-order valence-electron chi connectivity index (χ1n) is 12.4. The number of rotatable bonds is 6. The number of phenolic OH excluding ortho intramolecular Hbond substituents is 1. The molecule has 0 aliphatic carbocycles. The van der Waals surface area contributed by atoms with E-state index >= 15 is 0 Å². The van der Waals surface area contributed by atoms with E-state index in [1.54, 1.807) is 0 Å². The molecule has 4 rings (SSSR count). The normalized spacial score (nSPS) is 16.4. The molecule has 0 bridgehead atoms. The predicted molar refractivity (Wildman–Crippen MR) is 145 cm³/mol. The zero-order chi connectivity index (χ0) is 26.3. The molecule has 0 spiro atoms. The maximum absolute atomic E-state index is 13.5. The minimum absolute atomic E-state index is 0.0189. The smallest absolute Gasteiger partial charge is 0.217 e. The third-order valence-corrected chi connectivity index (χ3v) is 7.06. The van der Waals surface area contributed by atoms with Gasteiger partial charge in [0.25, 0.3) is 0 Å². The molecule has 1 aromatic heterocycles. The van der Waals surface area contributed by atoms with Crippen molar-refractivity contribution in [3.63, 3.8) is 0 Å². The van der Waals surface area contributed by atoms with Crippen LogP contribution in [0.3, 0.4) is 0 Å². The number of ether oxygens (including phenoxy) is 1. The van der Waals surface area contributed by atoms with E-state index in [1.807, 2.05) is 82.6 Å². The van der Waals surface area contributed by atoms with E-state index in [4.69, 9.17) is 4.74 Å². The van der Waals surface area contributed by atoms with Crippen LogP contribution in [0.25, 0.3) is 0 Å². The lowest BCUT2D eigenvalue weighted by Crippen LogP contribution is -2.29. The summed E-state index contributed by atoms with van der Waals surface area (Å²) >= 11 is 3.27. The highest BCUT2D eigenvalue weighted by Gasteiger charge is 2.29. The molecule has 0 saturated heterocycles. The molecule has 7 heteroatoms. The van der Waals surface area contributed by atoms with E-state index in [0.29, 0.717) is 24.3 Å². The Bertz CT molecular complexity index is 1290. The second-order valence-corrected chi connectivity index (χ2v) is 12.1. The number of fused-ring (bicyclic) bond motifs is 1. The highest BCUT2D eigenvalue weighted by atomic mass is 79.9. The largest absolute Gasteiger partial charge is 0.507 e. The Morgan fingerprint density at radius 2 is 1.69 bits per heavy atom. The number of hydrogen-bond donors (Lipinski definition) is 1. The summed E-state index contributed by atoms with van der Waals surface area (Å²) in [7, 11) is 0. The van der Waals surface area contributed by atoms with Gasteiger partial charge in [0.05, 0.1) is 41.9 Å². The average Bonchev–Trinajstić information content (AvgIpc) is 3.33. The Morgan fingerprint density at radius 3 is 2.25 bits per heavy atom. The number of nitrogens with zero attached hydrogens (tertiary/aromatic N) is 3. The quantitative estimate of drug-likeness (QED) is 0.390. The summed E-state index contributed by atoms with van der Waals surface area (Å²) in [4.78, 5) is 13.5. The van der Waals surface area contributed by atoms with E-state index in [9.17, 15) is 9.90 Å². The molecule has 0 saturated carbocycles. The summed E-state index contributed by atoms with van der Waals surface area (Å²) in [5, 5.41) is 11.0. The van der Waals surface area contributed by atoms with Crippen molar-refractivity contribution in [2.24, 2.45) is 4.02 Å². The van der Waals surface area contributed by atoms with Gasteiger partial charge in [0.15, 0.2) is 5.78 Å². The number of imidazole rings is 1. The molecule has 2 heterocycles. The number of benzene rings is 2. The first-order chi connectivity index (χ1) is 16.9. The maximum Gasteiger partial charge on any atom is 0.217 e. The minimum Gasteiger partial charge on any atom is -0.507 e. The van der Waals surface area contributed by atoms with Gasteiger partial charge in [-0.05, 0) is 28.5 Å². The van der Waals surface area contributed by atoms with Gasteiger partial charge in [-0.15, -0.1) is 0 Å². The molecule has 0 radical (unpaired) electrons. The number of carbonyl (C=O) groups excluding carboxylic acids is 1. The van der Waals surface area contributed by atoms with Gasteiger partial charge in [-0.25, -0.2) is 0 Å². The third-order valence-electron chi connectivity index (χ3n) is 6.74. The monoisotopic (exact) mass is 553 g/mol. The molecule has 1 aliphatic heterocycles. The number of carbonyl (C=O) groups is 1. The van der Waals surface area contributed by atoms with Crippen molar-refractivity contribution in [2.45, 2.75) is 84.6 Å². The molecule has 36 heavy (non-hydrogen) atoms. The van der Waals surface area contributed by atoms with Crippen LogP contribution in [0, 0.1) is 0 Å². The first-order valence-corrected chi connectivity index (χ1v) is 13.1. The Balaban J connectivity index is 1.56. The second-order valence-electron chi connectivity index (χ2n) is 11.7. The molecule has 192 valence electrons. The summed E-state index contributed by atoms with van der Waals surface area (Å²) in [6.07, 6.45) is 2.84. The molecule has 3 aromatic rings. The van der Waals surface area contributed by atoms with Crippen molar-refractivity contribution in [1.29, 1.82) is 0 Å². The second kappa shape index (κ2) is 10.0. The topological polar surface area (TPSA) is 68.8 Å². The first kappa shape index (κ1) is 26.4. The number of aromatic nitrogens is 2. The van der Waals surface area contributed by atoms with Crippen molar-refractivity contribution >= 4 is 21.9 Å². The zero-order valence-corrected chi connectivity index (χ0v) is 23.6. The summed E-state index contributed by atoms with van der Waals surface area (Å²) in [6.45, 7) is 13.7.